The number of rotatable bonds is 2. The molecule has 1 saturated heterocycles. The molecule has 2 unspecified atom stereocenters. The van der Waals surface area contributed by atoms with E-state index in [1.807, 2.05) is 0 Å². The van der Waals surface area contributed by atoms with E-state index in [1.165, 1.54) is 0 Å². The largest absolute Gasteiger partial charge is 0.378 e. The van der Waals surface area contributed by atoms with Gasteiger partial charge >= 0.3 is 0 Å². The molecule has 0 amide bonds. The summed E-state index contributed by atoms with van der Waals surface area (Å²) in [5.41, 5.74) is 0. The number of aliphatic hydroxyl groups excluding tert-OH is 2. The quantitative estimate of drug-likeness (QED) is 0.612. The van der Waals surface area contributed by atoms with Crippen molar-refractivity contribution in [1.29, 1.82) is 0 Å². The monoisotopic (exact) mass is 159 g/mol. The molecule has 1 rings (SSSR count). The summed E-state index contributed by atoms with van der Waals surface area (Å²) < 4.78 is 0. The van der Waals surface area contributed by atoms with Gasteiger partial charge in [-0.3, -0.25) is 4.90 Å². The van der Waals surface area contributed by atoms with Crippen molar-refractivity contribution in [3.05, 3.63) is 0 Å². The molecule has 3 heteroatoms. The van der Waals surface area contributed by atoms with Crippen LogP contribution in [0, 0.1) is 5.92 Å². The second-order valence-electron chi connectivity index (χ2n) is 3.34. The van der Waals surface area contributed by atoms with Crippen LogP contribution < -0.4 is 0 Å². The van der Waals surface area contributed by atoms with Gasteiger partial charge in [0.05, 0.1) is 0 Å². The van der Waals surface area contributed by atoms with E-state index >= 15 is 0 Å². The van der Waals surface area contributed by atoms with Crippen molar-refractivity contribution < 1.29 is 10.2 Å². The number of hydrogen-bond donors (Lipinski definition) is 2. The predicted molar refractivity (Wildman–Crippen MR) is 42.8 cm³/mol. The van der Waals surface area contributed by atoms with Gasteiger partial charge in [0.25, 0.3) is 0 Å². The molecule has 0 aromatic heterocycles. The highest BCUT2D eigenvalue weighted by Crippen LogP contribution is 2.28. The Morgan fingerprint density at radius 2 is 2.09 bits per heavy atom. The third-order valence-corrected chi connectivity index (χ3v) is 2.48. The Morgan fingerprint density at radius 1 is 1.45 bits per heavy atom. The molecule has 1 aliphatic rings. The lowest BCUT2D eigenvalue weighted by atomic mass is 10.0. The topological polar surface area (TPSA) is 43.7 Å². The molecule has 0 aromatic rings. The van der Waals surface area contributed by atoms with Gasteiger partial charge in [-0.1, -0.05) is 13.3 Å². The van der Waals surface area contributed by atoms with Crippen LogP contribution in [0.3, 0.4) is 0 Å². The molecule has 0 radical (unpaired) electrons. The Bertz CT molecular complexity index is 129. The van der Waals surface area contributed by atoms with E-state index in [1.54, 1.807) is 11.9 Å². The lowest BCUT2D eigenvalue weighted by molar-refractivity contribution is -0.0443. The highest BCUT2D eigenvalue weighted by molar-refractivity contribution is 4.79. The summed E-state index contributed by atoms with van der Waals surface area (Å²) in [6.45, 7) is 2.09. The van der Waals surface area contributed by atoms with Gasteiger partial charge in [0.1, 0.15) is 12.5 Å². The number of aliphatic hydroxyl groups is 2. The second kappa shape index (κ2) is 3.52. The van der Waals surface area contributed by atoms with Crippen molar-refractivity contribution in [3.63, 3.8) is 0 Å². The number of likely N-dealkylation sites (tertiary alicyclic amines) is 1. The predicted octanol–water partition coefficient (Wildman–Crippen LogP) is 0.375. The van der Waals surface area contributed by atoms with Crippen LogP contribution in [0.1, 0.15) is 26.2 Å². The first-order valence-corrected chi connectivity index (χ1v) is 4.25. The van der Waals surface area contributed by atoms with Gasteiger partial charge in [-0.05, 0) is 19.9 Å². The molecule has 0 aromatic carbocycles. The minimum absolute atomic E-state index is 0.264. The molecular weight excluding hydrogens is 142 g/mol. The molecule has 3 nitrogen and oxygen atoms in total. The van der Waals surface area contributed by atoms with Crippen LogP contribution >= 0.6 is 0 Å². The zero-order chi connectivity index (χ0) is 8.43. The summed E-state index contributed by atoms with van der Waals surface area (Å²) in [6.07, 6.45) is 1.91. The zero-order valence-electron chi connectivity index (χ0n) is 7.20. The fourth-order valence-corrected chi connectivity index (χ4v) is 1.71. The van der Waals surface area contributed by atoms with E-state index in [4.69, 9.17) is 0 Å². The van der Waals surface area contributed by atoms with Gasteiger partial charge in [0.2, 0.25) is 0 Å². The van der Waals surface area contributed by atoms with E-state index in [0.717, 1.165) is 12.8 Å². The van der Waals surface area contributed by atoms with Gasteiger partial charge in [-0.15, -0.1) is 0 Å². The fraction of sp³-hybridized carbons (Fsp3) is 1.00. The van der Waals surface area contributed by atoms with Crippen molar-refractivity contribution in [2.75, 3.05) is 7.05 Å². The molecule has 0 aliphatic carbocycles. The maximum absolute atomic E-state index is 9.52. The average Bonchev–Trinajstić information content (AvgIpc) is 2.19. The molecule has 0 spiro atoms. The first-order chi connectivity index (χ1) is 5.16. The molecule has 3 atom stereocenters. The van der Waals surface area contributed by atoms with Crippen LogP contribution in [0.15, 0.2) is 0 Å². The van der Waals surface area contributed by atoms with Crippen LogP contribution in [0.25, 0.3) is 0 Å². The van der Waals surface area contributed by atoms with Crippen molar-refractivity contribution in [1.82, 2.24) is 4.90 Å². The molecule has 1 aliphatic heterocycles. The molecule has 2 N–H and O–H groups in total. The number of hydrogen-bond acceptors (Lipinski definition) is 3. The van der Waals surface area contributed by atoms with Crippen LogP contribution in [0.4, 0.5) is 0 Å². The maximum atomic E-state index is 9.52. The number of nitrogens with zero attached hydrogens (tertiary/aromatic N) is 1. The highest BCUT2D eigenvalue weighted by atomic mass is 16.3. The van der Waals surface area contributed by atoms with Crippen LogP contribution in [0.2, 0.25) is 0 Å². The molecule has 1 heterocycles. The van der Waals surface area contributed by atoms with Crippen LogP contribution in [-0.4, -0.2) is 34.6 Å². The third-order valence-electron chi connectivity index (χ3n) is 2.48. The smallest absolute Gasteiger partial charge is 0.112 e. The second-order valence-corrected chi connectivity index (χ2v) is 3.34. The first kappa shape index (κ1) is 8.97. The van der Waals surface area contributed by atoms with Gasteiger partial charge < -0.3 is 10.2 Å². The lowest BCUT2D eigenvalue weighted by Crippen LogP contribution is -2.33. The molecule has 1 fully saturated rings. The fourth-order valence-electron chi connectivity index (χ4n) is 1.71. The van der Waals surface area contributed by atoms with Crippen molar-refractivity contribution in [3.8, 4) is 0 Å². The van der Waals surface area contributed by atoms with Crippen molar-refractivity contribution >= 4 is 0 Å². The molecule has 11 heavy (non-hydrogen) atoms. The highest BCUT2D eigenvalue weighted by Gasteiger charge is 2.35. The molecular formula is C8H17NO2. The molecule has 66 valence electrons. The summed E-state index contributed by atoms with van der Waals surface area (Å²) in [4.78, 5) is 1.63. The minimum atomic E-state index is -0.443. The summed E-state index contributed by atoms with van der Waals surface area (Å²) in [6, 6.07) is 0. The molecule has 0 bridgehead atoms. The lowest BCUT2D eigenvalue weighted by Gasteiger charge is -2.19. The Balaban J connectivity index is 2.45. The van der Waals surface area contributed by atoms with Gasteiger partial charge in [-0.2, -0.15) is 0 Å². The van der Waals surface area contributed by atoms with Gasteiger partial charge in [0, 0.05) is 5.92 Å². The Hall–Kier alpha value is -0.120. The van der Waals surface area contributed by atoms with E-state index in [-0.39, 0.29) is 5.92 Å². The van der Waals surface area contributed by atoms with Gasteiger partial charge in [0.15, 0.2) is 0 Å². The van der Waals surface area contributed by atoms with E-state index in [2.05, 4.69) is 6.92 Å². The van der Waals surface area contributed by atoms with Crippen LogP contribution in [0.5, 0.6) is 0 Å². The van der Waals surface area contributed by atoms with E-state index in [9.17, 15) is 10.2 Å². The standard InChI is InChI=1S/C8H17NO2/c1-3-4-6-5-7(10)9(2)8(6)11/h6-8,10-11H,3-5H2,1-2H3/t6-,7?,8?/m0/s1. The summed E-state index contributed by atoms with van der Waals surface area (Å²) in [5, 5.41) is 18.9. The van der Waals surface area contributed by atoms with Crippen molar-refractivity contribution in [2.45, 2.75) is 38.6 Å². The van der Waals surface area contributed by atoms with Crippen LogP contribution in [-0.2, 0) is 0 Å². The van der Waals surface area contributed by atoms with E-state index < -0.39 is 12.5 Å². The summed E-state index contributed by atoms with van der Waals surface area (Å²) >= 11 is 0. The SMILES string of the molecule is CCC[C@H]1CC(O)N(C)C1O. The van der Waals surface area contributed by atoms with Crippen molar-refractivity contribution in [2.24, 2.45) is 5.92 Å². The average molecular weight is 159 g/mol. The Morgan fingerprint density at radius 3 is 2.45 bits per heavy atom. The zero-order valence-corrected chi connectivity index (χ0v) is 7.20. The molecule has 0 saturated carbocycles. The van der Waals surface area contributed by atoms with E-state index in [0.29, 0.717) is 6.42 Å². The normalized spacial score (nSPS) is 39.8. The first-order valence-electron chi connectivity index (χ1n) is 4.25. The summed E-state index contributed by atoms with van der Waals surface area (Å²) in [7, 11) is 1.75. The Labute approximate surface area is 67.6 Å². The minimum Gasteiger partial charge on any atom is -0.378 e. The van der Waals surface area contributed by atoms with Gasteiger partial charge in [-0.25, -0.2) is 0 Å². The Kier molecular flexibility index (Phi) is 2.87. The summed E-state index contributed by atoms with van der Waals surface area (Å²) in [5.74, 6) is 0.264. The maximum Gasteiger partial charge on any atom is 0.112 e. The third kappa shape index (κ3) is 1.72.